The minimum absolute atomic E-state index is 0.0889. The standard InChI is InChI=1S/C25H27N3O3S/c1-17(2)22-12-21(15-32-22)23(29)28-10-11-31-25(16-28,24(26)30)13-18-5-7-19(8-6-18)20-4-3-9-27-14-20/h3-9,12,14-15,17H,10-11,13,16H2,1-2H3,(H2,26,30)/t25-/m1/s1. The minimum atomic E-state index is -1.25. The van der Waals surface area contributed by atoms with Crippen LogP contribution in [0.4, 0.5) is 0 Å². The van der Waals surface area contributed by atoms with Crippen LogP contribution in [0.15, 0.2) is 60.2 Å². The van der Waals surface area contributed by atoms with Crippen LogP contribution in [0.3, 0.4) is 0 Å². The first kappa shape index (κ1) is 22.2. The van der Waals surface area contributed by atoms with Crippen molar-refractivity contribution in [3.8, 4) is 11.1 Å². The quantitative estimate of drug-likeness (QED) is 0.619. The lowest BCUT2D eigenvalue weighted by Gasteiger charge is -2.40. The number of rotatable bonds is 6. The highest BCUT2D eigenvalue weighted by atomic mass is 32.1. The van der Waals surface area contributed by atoms with Crippen LogP contribution in [0.2, 0.25) is 0 Å². The SMILES string of the molecule is CC(C)c1cc(C(=O)N2CCO[C@@](Cc3ccc(-c4cccnc4)cc3)(C(N)=O)C2)cs1. The fourth-order valence-electron chi connectivity index (χ4n) is 3.93. The summed E-state index contributed by atoms with van der Waals surface area (Å²) in [6.07, 6.45) is 3.85. The molecule has 0 unspecified atom stereocenters. The van der Waals surface area contributed by atoms with Crippen LogP contribution in [0, 0.1) is 0 Å². The molecule has 166 valence electrons. The summed E-state index contributed by atoms with van der Waals surface area (Å²) in [5.41, 5.74) is 8.19. The zero-order valence-corrected chi connectivity index (χ0v) is 19.1. The number of carbonyl (C=O) groups is 2. The van der Waals surface area contributed by atoms with Crippen LogP contribution in [-0.2, 0) is 16.0 Å². The molecule has 7 heteroatoms. The van der Waals surface area contributed by atoms with Crippen molar-refractivity contribution in [2.75, 3.05) is 19.7 Å². The highest BCUT2D eigenvalue weighted by Crippen LogP contribution is 2.28. The molecular formula is C25H27N3O3S. The summed E-state index contributed by atoms with van der Waals surface area (Å²) < 4.78 is 5.93. The Morgan fingerprint density at radius 2 is 2.00 bits per heavy atom. The Hall–Kier alpha value is -3.03. The van der Waals surface area contributed by atoms with Gasteiger partial charge >= 0.3 is 0 Å². The summed E-state index contributed by atoms with van der Waals surface area (Å²) >= 11 is 1.58. The smallest absolute Gasteiger partial charge is 0.254 e. The van der Waals surface area contributed by atoms with Gasteiger partial charge in [-0.05, 0) is 34.7 Å². The Morgan fingerprint density at radius 1 is 1.22 bits per heavy atom. The zero-order chi connectivity index (χ0) is 22.7. The van der Waals surface area contributed by atoms with Gasteiger partial charge in [-0.2, -0.15) is 0 Å². The summed E-state index contributed by atoms with van der Waals surface area (Å²) in [4.78, 5) is 32.6. The van der Waals surface area contributed by atoms with E-state index in [1.165, 1.54) is 0 Å². The van der Waals surface area contributed by atoms with Gasteiger partial charge < -0.3 is 15.4 Å². The van der Waals surface area contributed by atoms with Gasteiger partial charge in [-0.1, -0.05) is 44.2 Å². The normalized spacial score (nSPS) is 18.7. The number of benzene rings is 1. The third-order valence-corrected chi connectivity index (χ3v) is 7.03. The fourth-order valence-corrected chi connectivity index (χ4v) is 4.83. The van der Waals surface area contributed by atoms with Crippen molar-refractivity contribution in [2.24, 2.45) is 5.73 Å². The number of primary amides is 1. The highest BCUT2D eigenvalue weighted by molar-refractivity contribution is 7.10. The Labute approximate surface area is 192 Å². The van der Waals surface area contributed by atoms with Crippen molar-refractivity contribution in [3.05, 3.63) is 76.2 Å². The van der Waals surface area contributed by atoms with E-state index in [1.54, 1.807) is 22.4 Å². The van der Waals surface area contributed by atoms with E-state index in [1.807, 2.05) is 54.0 Å². The molecule has 32 heavy (non-hydrogen) atoms. The van der Waals surface area contributed by atoms with E-state index in [2.05, 4.69) is 18.8 Å². The second-order valence-corrected chi connectivity index (χ2v) is 9.38. The second-order valence-electron chi connectivity index (χ2n) is 8.44. The monoisotopic (exact) mass is 449 g/mol. The molecule has 1 saturated heterocycles. The molecule has 3 aromatic rings. The number of amides is 2. The van der Waals surface area contributed by atoms with Crippen molar-refractivity contribution in [3.63, 3.8) is 0 Å². The minimum Gasteiger partial charge on any atom is -0.367 e. The van der Waals surface area contributed by atoms with Crippen LogP contribution >= 0.6 is 11.3 Å². The molecule has 1 aromatic carbocycles. The molecule has 0 bridgehead atoms. The topological polar surface area (TPSA) is 85.5 Å². The summed E-state index contributed by atoms with van der Waals surface area (Å²) in [7, 11) is 0. The van der Waals surface area contributed by atoms with Crippen LogP contribution in [-0.4, -0.2) is 47.0 Å². The first-order valence-corrected chi connectivity index (χ1v) is 11.6. The third kappa shape index (κ3) is 4.59. The van der Waals surface area contributed by atoms with Crippen molar-refractivity contribution in [1.29, 1.82) is 0 Å². The number of morpholine rings is 1. The van der Waals surface area contributed by atoms with E-state index in [9.17, 15) is 9.59 Å². The maximum atomic E-state index is 13.1. The van der Waals surface area contributed by atoms with Crippen molar-refractivity contribution >= 4 is 23.2 Å². The number of nitrogens with zero attached hydrogens (tertiary/aromatic N) is 2. The van der Waals surface area contributed by atoms with E-state index >= 15 is 0 Å². The lowest BCUT2D eigenvalue weighted by molar-refractivity contribution is -0.153. The molecule has 2 amide bonds. The number of thiophene rings is 1. The molecule has 6 nitrogen and oxygen atoms in total. The predicted molar refractivity (Wildman–Crippen MR) is 126 cm³/mol. The van der Waals surface area contributed by atoms with Crippen molar-refractivity contribution in [2.45, 2.75) is 31.8 Å². The molecule has 4 rings (SSSR count). The molecule has 2 N–H and O–H groups in total. The Kier molecular flexibility index (Phi) is 6.39. The third-order valence-electron chi connectivity index (χ3n) is 5.80. The average molecular weight is 450 g/mol. The van der Waals surface area contributed by atoms with E-state index in [0.717, 1.165) is 21.6 Å². The highest BCUT2D eigenvalue weighted by Gasteiger charge is 2.44. The molecule has 1 aliphatic rings. The van der Waals surface area contributed by atoms with E-state index in [4.69, 9.17) is 10.5 Å². The molecule has 0 saturated carbocycles. The molecule has 0 aliphatic carbocycles. The number of hydrogen-bond donors (Lipinski definition) is 1. The van der Waals surface area contributed by atoms with Crippen LogP contribution in [0.5, 0.6) is 0 Å². The number of nitrogens with two attached hydrogens (primary N) is 1. The maximum absolute atomic E-state index is 13.1. The van der Waals surface area contributed by atoms with Gasteiger partial charge in [0.15, 0.2) is 5.60 Å². The largest absolute Gasteiger partial charge is 0.367 e. The Balaban J connectivity index is 1.52. The lowest BCUT2D eigenvalue weighted by Crippen LogP contribution is -2.61. The molecule has 1 aliphatic heterocycles. The molecule has 1 fully saturated rings. The number of ether oxygens (including phenoxy) is 1. The lowest BCUT2D eigenvalue weighted by atomic mass is 9.90. The van der Waals surface area contributed by atoms with Gasteiger partial charge in [-0.25, -0.2) is 0 Å². The van der Waals surface area contributed by atoms with E-state index < -0.39 is 11.5 Å². The maximum Gasteiger partial charge on any atom is 0.254 e. The molecule has 2 aromatic heterocycles. The number of aromatic nitrogens is 1. The predicted octanol–water partition coefficient (Wildman–Crippen LogP) is 3.87. The fraction of sp³-hybridized carbons (Fsp3) is 0.320. The Bertz CT molecular complexity index is 1100. The van der Waals surface area contributed by atoms with Gasteiger partial charge in [0.25, 0.3) is 11.8 Å². The number of carbonyl (C=O) groups excluding carboxylic acids is 2. The van der Waals surface area contributed by atoms with Gasteiger partial charge in [0.2, 0.25) is 0 Å². The molecule has 0 radical (unpaired) electrons. The van der Waals surface area contributed by atoms with Crippen LogP contribution < -0.4 is 5.73 Å². The summed E-state index contributed by atoms with van der Waals surface area (Å²) in [5.74, 6) is -0.279. The van der Waals surface area contributed by atoms with Gasteiger partial charge in [0.1, 0.15) is 0 Å². The first-order valence-electron chi connectivity index (χ1n) is 10.7. The summed E-state index contributed by atoms with van der Waals surface area (Å²) in [6.45, 7) is 5.04. The zero-order valence-electron chi connectivity index (χ0n) is 18.3. The van der Waals surface area contributed by atoms with Crippen molar-refractivity contribution < 1.29 is 14.3 Å². The molecule has 3 heterocycles. The van der Waals surface area contributed by atoms with Crippen molar-refractivity contribution in [1.82, 2.24) is 9.88 Å². The van der Waals surface area contributed by atoms with E-state index in [-0.39, 0.29) is 19.1 Å². The van der Waals surface area contributed by atoms with E-state index in [0.29, 0.717) is 24.4 Å². The molecular weight excluding hydrogens is 422 g/mol. The summed E-state index contributed by atoms with van der Waals surface area (Å²) in [6, 6.07) is 13.7. The average Bonchev–Trinajstić information content (AvgIpc) is 3.30. The van der Waals surface area contributed by atoms with Crippen LogP contribution in [0.1, 0.15) is 40.6 Å². The number of hydrogen-bond acceptors (Lipinski definition) is 5. The Morgan fingerprint density at radius 3 is 2.62 bits per heavy atom. The van der Waals surface area contributed by atoms with Gasteiger partial charge in [0.05, 0.1) is 18.7 Å². The number of pyridine rings is 1. The second kappa shape index (κ2) is 9.22. The molecule has 1 atom stereocenters. The summed E-state index contributed by atoms with van der Waals surface area (Å²) in [5, 5.41) is 1.89. The van der Waals surface area contributed by atoms with Gasteiger partial charge in [0, 0.05) is 35.6 Å². The first-order chi connectivity index (χ1) is 15.4. The van der Waals surface area contributed by atoms with Gasteiger partial charge in [-0.15, -0.1) is 11.3 Å². The molecule has 0 spiro atoms. The van der Waals surface area contributed by atoms with Gasteiger partial charge in [-0.3, -0.25) is 14.6 Å². The van der Waals surface area contributed by atoms with Crippen LogP contribution in [0.25, 0.3) is 11.1 Å².